The molecule has 0 aliphatic carbocycles. The van der Waals surface area contributed by atoms with Gasteiger partial charge in [-0.1, -0.05) is 110 Å². The summed E-state index contributed by atoms with van der Waals surface area (Å²) in [5.74, 6) is -2.33. The summed E-state index contributed by atoms with van der Waals surface area (Å²) in [4.78, 5) is 25.2. The van der Waals surface area contributed by atoms with Crippen molar-refractivity contribution in [2.24, 2.45) is 0 Å². The minimum atomic E-state index is -4.68. The molecule has 11 rings (SSSR count). The van der Waals surface area contributed by atoms with Crippen molar-refractivity contribution in [2.45, 2.75) is 184 Å². The summed E-state index contributed by atoms with van der Waals surface area (Å²) in [5.41, 5.74) is 13.0. The van der Waals surface area contributed by atoms with Gasteiger partial charge in [0.05, 0.1) is 66.4 Å². The number of carboxylic acid groups (broad SMARTS) is 2. The first-order chi connectivity index (χ1) is 53.3. The average molecular weight is 1620 g/mol. The summed E-state index contributed by atoms with van der Waals surface area (Å²) >= 11 is 0. The van der Waals surface area contributed by atoms with Gasteiger partial charge in [-0.15, -0.1) is 0 Å². The zero-order valence-corrected chi connectivity index (χ0v) is 69.6. The Hall–Kier alpha value is -9.09. The molecule has 7 aromatic rings. The van der Waals surface area contributed by atoms with Gasteiger partial charge < -0.3 is 39.0 Å². The molecule has 606 valence electrons. The van der Waals surface area contributed by atoms with Crippen molar-refractivity contribution in [3.05, 3.63) is 234 Å². The van der Waals surface area contributed by atoms with Crippen LogP contribution in [0, 0.1) is 0 Å². The topological polar surface area (TPSA) is 329 Å². The third kappa shape index (κ3) is 23.1. The summed E-state index contributed by atoms with van der Waals surface area (Å²) in [6.45, 7) is 22.6. The maximum absolute atomic E-state index is 12.0. The van der Waals surface area contributed by atoms with Crippen molar-refractivity contribution < 1.29 is 85.7 Å². The van der Waals surface area contributed by atoms with E-state index in [1.165, 1.54) is 54.3 Å². The number of hydrogen-bond acceptors (Lipinski definition) is 15. The van der Waals surface area contributed by atoms with Gasteiger partial charge in [-0.3, -0.25) is 14.1 Å². The first kappa shape index (κ1) is 89.5. The van der Waals surface area contributed by atoms with Crippen LogP contribution < -0.4 is 19.7 Å². The van der Waals surface area contributed by atoms with Crippen LogP contribution >= 0.6 is 0 Å². The number of nitrogens with one attached hydrogen (secondary N) is 2. The fourth-order valence-electron chi connectivity index (χ4n) is 15.3. The van der Waals surface area contributed by atoms with Gasteiger partial charge >= 0.3 is 11.9 Å². The molecule has 0 bridgehead atoms. The summed E-state index contributed by atoms with van der Waals surface area (Å²) in [6.07, 6.45) is 17.6. The molecule has 22 nitrogen and oxygen atoms in total. The number of carboxylic acids is 2. The predicted molar refractivity (Wildman–Crippen MR) is 444 cm³/mol. The molecule has 0 saturated heterocycles. The number of para-hydroxylation sites is 5. The zero-order chi connectivity index (χ0) is 82.7. The Balaban J connectivity index is 0.000000217. The number of nitrogens with zero attached hydrogens (tertiary/aromatic N) is 4. The van der Waals surface area contributed by atoms with Gasteiger partial charge in [0.2, 0.25) is 22.7 Å². The zero-order valence-electron chi connectivity index (χ0n) is 66.3. The number of fused-ring (bicyclic) bond motifs is 4. The van der Waals surface area contributed by atoms with Crippen LogP contribution in [0.1, 0.15) is 174 Å². The number of rotatable bonds is 33. The molecule has 4 aliphatic rings. The van der Waals surface area contributed by atoms with Crippen LogP contribution in [0.15, 0.2) is 222 Å². The average Bonchev–Trinajstić information content (AvgIpc) is 1.60. The molecule has 4 aliphatic heterocycles. The Bertz CT molecular complexity index is 5200. The quantitative estimate of drug-likeness (QED) is 0.0145. The van der Waals surface area contributed by atoms with E-state index in [2.05, 4.69) is 108 Å². The van der Waals surface area contributed by atoms with Crippen LogP contribution in [0.3, 0.4) is 0 Å². The van der Waals surface area contributed by atoms with E-state index >= 15 is 0 Å². The molecular formula is C87H109N6O16S4+. The molecular weight excluding hydrogens is 1510 g/mol. The largest absolute Gasteiger partial charge is 0.748 e. The minimum absolute atomic E-state index is 0.0859. The summed E-state index contributed by atoms with van der Waals surface area (Å²) < 4.78 is 142. The van der Waals surface area contributed by atoms with Crippen LogP contribution in [0.4, 0.5) is 39.8 Å². The number of hydrogen-bond donors (Lipinski definition) is 5. The van der Waals surface area contributed by atoms with Gasteiger partial charge in [-0.2, -0.15) is 22.1 Å². The molecule has 113 heavy (non-hydrogen) atoms. The maximum Gasteiger partial charge on any atom is 0.303 e. The summed E-state index contributed by atoms with van der Waals surface area (Å²) in [6, 6.07) is 55.6. The molecule has 5 N–H and O–H groups in total. The van der Waals surface area contributed by atoms with Gasteiger partial charge in [0.25, 0.3) is 10.1 Å². The maximum atomic E-state index is 12.0. The Labute approximate surface area is 668 Å². The van der Waals surface area contributed by atoms with Gasteiger partial charge in [0.1, 0.15) is 23.2 Å². The van der Waals surface area contributed by atoms with Gasteiger partial charge in [0, 0.05) is 138 Å². The third-order valence-corrected chi connectivity index (χ3v) is 25.2. The highest BCUT2D eigenvalue weighted by atomic mass is 32.2. The van der Waals surface area contributed by atoms with Crippen molar-refractivity contribution in [3.63, 3.8) is 0 Å². The van der Waals surface area contributed by atoms with E-state index in [4.69, 9.17) is 10.2 Å². The van der Waals surface area contributed by atoms with E-state index in [9.17, 15) is 61.5 Å². The van der Waals surface area contributed by atoms with E-state index in [1.54, 1.807) is 17.0 Å². The molecule has 26 heteroatoms. The van der Waals surface area contributed by atoms with Crippen LogP contribution in [0.2, 0.25) is 0 Å². The van der Waals surface area contributed by atoms with Crippen molar-refractivity contribution in [3.8, 4) is 0 Å². The third-order valence-electron chi connectivity index (χ3n) is 21.9. The van der Waals surface area contributed by atoms with E-state index in [0.29, 0.717) is 70.0 Å². The smallest absolute Gasteiger partial charge is 0.303 e. The molecule has 0 amide bonds. The van der Waals surface area contributed by atoms with E-state index in [0.717, 1.165) is 81.6 Å². The molecule has 0 aromatic heterocycles. The fraction of sp³-hybridized carbons (Fsp3) is 0.391. The number of aliphatic carboxylic acids is 2. The van der Waals surface area contributed by atoms with Crippen molar-refractivity contribution >= 4 is 109 Å². The van der Waals surface area contributed by atoms with E-state index < -0.39 is 74.4 Å². The van der Waals surface area contributed by atoms with Crippen molar-refractivity contribution in [2.75, 3.05) is 54.9 Å². The fourth-order valence-corrected chi connectivity index (χ4v) is 17.4. The SMILES string of the molecule is CC1(C)C(/C=C/Nc2ccccc2)=[N+](CCCCCC(=O)O)c2ccc(S(=O)(=O)O)cc21.CC1(C)C(C=CC=C2N(c3ccccc3)c3ccccc3C2(C)CCCCS(=O)(=O)[O-])=[N+](CCCCCC(=O)O)c2ccc(S(=O)(=O)[O-])cc21.CC1=[N+](c2ccccc2)c2ccccc2C1(C)CCCCS(=O)(=O)[O-].CC[NH+](C)CC. The van der Waals surface area contributed by atoms with Crippen LogP contribution in [-0.2, 0) is 71.7 Å². The number of unbranched alkanes of at least 4 members (excludes halogenated alkanes) is 6. The van der Waals surface area contributed by atoms with Crippen LogP contribution in [0.25, 0.3) is 0 Å². The molecule has 7 aromatic carbocycles. The molecule has 0 saturated carbocycles. The Morgan fingerprint density at radius 3 is 1.47 bits per heavy atom. The van der Waals surface area contributed by atoms with Crippen LogP contribution in [0.5, 0.6) is 0 Å². The Kier molecular flexibility index (Phi) is 30.7. The number of benzene rings is 7. The van der Waals surface area contributed by atoms with E-state index in [1.807, 2.05) is 155 Å². The first-order valence-electron chi connectivity index (χ1n) is 38.5. The number of carbonyl (C=O) groups is 2. The summed E-state index contributed by atoms with van der Waals surface area (Å²) in [7, 11) is -15.3. The standard InChI is InChI=1S/C38H44N2O8S2.C24H28N2O5S.C20H23NO3S.C5H13N/c1-37(2)31-27-29(50(46,47)48)22-23-32(31)39(25-12-5-8-21-36(41)42)34(37)19-14-20-35-38(3,24-11-13-26-49(43,44)45)30-17-9-10-18-33(30)40(35)28-15-6-4-7-16-28;1-24(2)20-17-19(32(29,30)31)12-13-21(20)26(16-8-4-7-11-23(27)28)22(24)14-15-25-18-9-5-3-6-10-18;1-16-20(2,14-8-9-15-25(22,23)24)18-12-6-7-13-19(18)21(16)17-10-4-3-5-11-17;1-4-6(3)5-2/h4,6-7,9-10,14-20,22-23,27H,5,8,11-13,21,24-26H2,1-3H3,(H2-,41,42,43,44,45,46,47,48);3,5-6,9-10,12-15,17H,4,7-8,11,16H2,1-2H3,(H2,27,28,29,30,31);3-7,10-13H,8-9,14-15H2,1-2H3;4-5H2,1-3H3/p+1. The van der Waals surface area contributed by atoms with Gasteiger partial charge in [0.15, 0.2) is 17.1 Å². The second kappa shape index (κ2) is 38.8. The number of quaternary nitrogens is 1. The Morgan fingerprint density at radius 2 is 0.973 bits per heavy atom. The van der Waals surface area contributed by atoms with E-state index in [-0.39, 0.29) is 40.2 Å². The van der Waals surface area contributed by atoms with Gasteiger partial charge in [-0.25, -0.2) is 25.3 Å². The van der Waals surface area contributed by atoms with Crippen molar-refractivity contribution in [1.29, 1.82) is 0 Å². The Morgan fingerprint density at radius 1 is 0.513 bits per heavy atom. The number of anilines is 3. The van der Waals surface area contributed by atoms with Crippen molar-refractivity contribution in [1.82, 2.24) is 4.58 Å². The molecule has 2 atom stereocenters. The molecule has 0 fully saturated rings. The normalized spacial score (nSPS) is 17.8. The second-order valence-corrected chi connectivity index (χ2v) is 36.4. The highest BCUT2D eigenvalue weighted by Crippen LogP contribution is 2.54. The monoisotopic (exact) mass is 1620 g/mol. The highest BCUT2D eigenvalue weighted by Gasteiger charge is 2.49. The lowest BCUT2D eigenvalue weighted by molar-refractivity contribution is -0.875. The second-order valence-electron chi connectivity index (χ2n) is 30.5. The molecule has 4 heterocycles. The minimum Gasteiger partial charge on any atom is -0.748 e. The molecule has 2 unspecified atom stereocenters. The van der Waals surface area contributed by atoms with Crippen LogP contribution in [-0.4, -0.2) is 145 Å². The predicted octanol–water partition coefficient (Wildman–Crippen LogP) is 15.0. The lowest BCUT2D eigenvalue weighted by Gasteiger charge is -2.30. The summed E-state index contributed by atoms with van der Waals surface area (Å²) in [5, 5.41) is 21.2. The van der Waals surface area contributed by atoms with Gasteiger partial charge in [-0.05, 0) is 173 Å². The first-order valence-corrected chi connectivity index (χ1v) is 44.5. The molecule has 0 radical (unpaired) electrons. The lowest BCUT2D eigenvalue weighted by atomic mass is 9.76. The highest BCUT2D eigenvalue weighted by molar-refractivity contribution is 7.86. The lowest BCUT2D eigenvalue weighted by Crippen LogP contribution is -3.08. The number of allylic oxidation sites excluding steroid dienone is 5. The molecule has 0 spiro atoms.